The first kappa shape index (κ1) is 34.0. The van der Waals surface area contributed by atoms with Gasteiger partial charge in [0.15, 0.2) is 5.82 Å². The highest BCUT2D eigenvalue weighted by Crippen LogP contribution is 2.48. The lowest BCUT2D eigenvalue weighted by atomic mass is 9.98. The number of anilines is 3. The van der Waals surface area contributed by atoms with Crippen LogP contribution >= 0.6 is 0 Å². The molecule has 1 aliphatic carbocycles. The number of carbonyl (C=O) groups excluding carboxylic acids is 1. The maximum atomic E-state index is 11.0. The summed E-state index contributed by atoms with van der Waals surface area (Å²) in [5.74, 6) is 1.57. The zero-order chi connectivity index (χ0) is 33.7. The first-order valence-corrected chi connectivity index (χ1v) is 18.0. The Bertz CT molecular complexity index is 1510. The quantitative estimate of drug-likeness (QED) is 0.322. The Balaban J connectivity index is 0.000000312. The minimum atomic E-state index is 0.0945. The van der Waals surface area contributed by atoms with Gasteiger partial charge in [0.2, 0.25) is 6.41 Å². The number of phenols is 1. The van der Waals surface area contributed by atoms with E-state index >= 15 is 0 Å². The molecule has 3 saturated heterocycles. The minimum Gasteiger partial charge on any atom is -0.507 e. The number of carbonyl (C=O) groups is 1. The fraction of sp³-hybridized carbons (Fsp3) is 0.553. The van der Waals surface area contributed by atoms with Crippen LogP contribution in [-0.4, -0.2) is 107 Å². The molecule has 3 aromatic rings. The molecule has 10 nitrogen and oxygen atoms in total. The maximum Gasteiger partial charge on any atom is 0.209 e. The molecule has 4 fully saturated rings. The van der Waals surface area contributed by atoms with Crippen LogP contribution in [0.4, 0.5) is 17.2 Å². The summed E-state index contributed by atoms with van der Waals surface area (Å²) in [7, 11) is 0. The molecule has 1 unspecified atom stereocenters. The van der Waals surface area contributed by atoms with Gasteiger partial charge in [-0.05, 0) is 93.9 Å². The summed E-state index contributed by atoms with van der Waals surface area (Å²) < 4.78 is 0. The van der Waals surface area contributed by atoms with Gasteiger partial charge in [0.1, 0.15) is 5.75 Å². The average Bonchev–Trinajstić information content (AvgIpc) is 3.88. The zero-order valence-electron chi connectivity index (χ0n) is 29.1. The van der Waals surface area contributed by atoms with Gasteiger partial charge in [-0.2, -0.15) is 0 Å². The van der Waals surface area contributed by atoms with Gasteiger partial charge < -0.3 is 30.4 Å². The van der Waals surface area contributed by atoms with Crippen LogP contribution in [-0.2, 0) is 11.3 Å². The van der Waals surface area contributed by atoms with Gasteiger partial charge in [0.25, 0.3) is 0 Å². The number of piperidine rings is 1. The Labute approximate surface area is 286 Å². The number of nitrogens with two attached hydrogens (primary N) is 1. The minimum absolute atomic E-state index is 0.0945. The molecule has 48 heavy (non-hydrogen) atoms. The number of hydrogen-bond acceptors (Lipinski definition) is 9. The molecule has 1 spiro atoms. The molecule has 4 aliphatic rings. The molecule has 3 N–H and O–H groups in total. The summed E-state index contributed by atoms with van der Waals surface area (Å²) >= 11 is 0. The molecule has 3 aliphatic heterocycles. The van der Waals surface area contributed by atoms with Crippen molar-refractivity contribution < 1.29 is 9.90 Å². The van der Waals surface area contributed by atoms with Crippen molar-refractivity contribution in [3.05, 3.63) is 60.2 Å². The van der Waals surface area contributed by atoms with Crippen LogP contribution in [0, 0.1) is 5.92 Å². The van der Waals surface area contributed by atoms with Crippen molar-refractivity contribution in [3.8, 4) is 17.0 Å². The van der Waals surface area contributed by atoms with E-state index in [1.54, 1.807) is 12.1 Å². The van der Waals surface area contributed by atoms with Crippen molar-refractivity contribution in [1.29, 1.82) is 0 Å². The van der Waals surface area contributed by atoms with E-state index in [4.69, 9.17) is 5.73 Å². The monoisotopic (exact) mass is 654 g/mol. The number of benzene rings is 2. The number of aromatic hydroxyl groups is 1. The Morgan fingerprint density at radius 3 is 2.40 bits per heavy atom. The van der Waals surface area contributed by atoms with Crippen LogP contribution in [0.15, 0.2) is 54.6 Å². The molecule has 7 rings (SSSR count). The molecule has 1 saturated carbocycles. The van der Waals surface area contributed by atoms with Gasteiger partial charge in [-0.25, -0.2) is 0 Å². The molecule has 0 bridgehead atoms. The van der Waals surface area contributed by atoms with Crippen LogP contribution in [0.3, 0.4) is 0 Å². The molecule has 1 atom stereocenters. The van der Waals surface area contributed by atoms with Gasteiger partial charge in [-0.15, -0.1) is 10.2 Å². The summed E-state index contributed by atoms with van der Waals surface area (Å²) in [5.41, 5.74) is 11.1. The number of nitrogen functional groups attached to an aromatic ring is 1. The topological polar surface area (TPSA) is 105 Å². The van der Waals surface area contributed by atoms with Crippen LogP contribution in [0.25, 0.3) is 11.3 Å². The molecule has 0 radical (unpaired) electrons. The van der Waals surface area contributed by atoms with Gasteiger partial charge in [0.05, 0.1) is 16.9 Å². The number of aromatic nitrogens is 2. The predicted octanol–water partition coefficient (Wildman–Crippen LogP) is 5.08. The second-order valence-corrected chi connectivity index (χ2v) is 14.4. The van der Waals surface area contributed by atoms with Crippen molar-refractivity contribution >= 4 is 23.6 Å². The summed E-state index contributed by atoms with van der Waals surface area (Å²) in [6.07, 6.45) is 7.36. The van der Waals surface area contributed by atoms with Crippen molar-refractivity contribution in [1.82, 2.24) is 24.9 Å². The summed E-state index contributed by atoms with van der Waals surface area (Å²) in [6, 6.07) is 18.9. The van der Waals surface area contributed by atoms with Crippen LogP contribution < -0.4 is 15.5 Å². The van der Waals surface area contributed by atoms with Crippen molar-refractivity contribution in [2.75, 3.05) is 74.4 Å². The Morgan fingerprint density at radius 1 is 0.958 bits per heavy atom. The van der Waals surface area contributed by atoms with Gasteiger partial charge in [0, 0.05) is 69.7 Å². The highest BCUT2D eigenvalue weighted by molar-refractivity contribution is 5.74. The van der Waals surface area contributed by atoms with Gasteiger partial charge >= 0.3 is 0 Å². The van der Waals surface area contributed by atoms with Gasteiger partial charge in [-0.1, -0.05) is 38.1 Å². The SMILES string of the molecule is CCC(C)N1CCC(C)CC1.Nc1nnc(-c2ccccc2O)cc1N1CCN(c2cccc(CN3CCN(C=O)CC3)c2)C2(CC2)C1. The van der Waals surface area contributed by atoms with E-state index < -0.39 is 0 Å². The molecule has 2 aromatic carbocycles. The van der Waals surface area contributed by atoms with E-state index in [2.05, 4.69) is 74.8 Å². The highest BCUT2D eigenvalue weighted by Gasteiger charge is 2.51. The van der Waals surface area contributed by atoms with E-state index in [9.17, 15) is 9.90 Å². The largest absolute Gasteiger partial charge is 0.507 e. The predicted molar refractivity (Wildman–Crippen MR) is 194 cm³/mol. The summed E-state index contributed by atoms with van der Waals surface area (Å²) in [4.78, 5) is 22.8. The lowest BCUT2D eigenvalue weighted by molar-refractivity contribution is -0.119. The van der Waals surface area contributed by atoms with E-state index in [0.29, 0.717) is 17.1 Å². The molecule has 10 heteroatoms. The fourth-order valence-corrected chi connectivity index (χ4v) is 7.46. The Kier molecular flexibility index (Phi) is 10.7. The molecular weight excluding hydrogens is 600 g/mol. The van der Waals surface area contributed by atoms with Crippen LogP contribution in [0.5, 0.6) is 5.75 Å². The summed E-state index contributed by atoms with van der Waals surface area (Å²) in [5, 5.41) is 18.8. The van der Waals surface area contributed by atoms with E-state index in [-0.39, 0.29) is 11.3 Å². The second kappa shape index (κ2) is 15.1. The number of likely N-dealkylation sites (tertiary alicyclic amines) is 1. The number of amides is 1. The molecule has 1 aromatic heterocycles. The molecular formula is C38H54N8O2. The average molecular weight is 655 g/mol. The molecule has 4 heterocycles. The summed E-state index contributed by atoms with van der Waals surface area (Å²) in [6.45, 7) is 16.6. The third kappa shape index (κ3) is 7.87. The fourth-order valence-electron chi connectivity index (χ4n) is 7.46. The molecule has 1 amide bonds. The lowest BCUT2D eigenvalue weighted by Gasteiger charge is -2.45. The first-order valence-electron chi connectivity index (χ1n) is 18.0. The van der Waals surface area contributed by atoms with Crippen molar-refractivity contribution in [2.24, 2.45) is 5.92 Å². The standard InChI is InChI=1S/C28H33N7O2.C10H21N/c29-27-25(17-24(30-31-27)23-6-1-2-7-26(23)37)34-14-15-35(28(19-34)8-9-28)22-5-3-4-21(16-22)18-32-10-12-33(20-36)13-11-32;1-4-10(3)11-7-5-9(2)6-8-11/h1-7,16-17,20,37H,8-15,18-19H2,(H2,29,31);9-10H,4-8H2,1-3H3. The second-order valence-electron chi connectivity index (χ2n) is 14.4. The Hall–Kier alpha value is -3.89. The molecule has 258 valence electrons. The third-order valence-corrected chi connectivity index (χ3v) is 11.0. The number of hydrogen-bond donors (Lipinski definition) is 2. The normalized spacial score (nSPS) is 20.7. The number of para-hydroxylation sites is 1. The van der Waals surface area contributed by atoms with E-state index in [0.717, 1.165) is 89.3 Å². The maximum absolute atomic E-state index is 11.0. The number of rotatable bonds is 8. The smallest absolute Gasteiger partial charge is 0.209 e. The number of piperazine rings is 2. The number of nitrogens with zero attached hydrogens (tertiary/aromatic N) is 7. The van der Waals surface area contributed by atoms with E-state index in [1.165, 1.54) is 43.6 Å². The van der Waals surface area contributed by atoms with Crippen molar-refractivity contribution in [3.63, 3.8) is 0 Å². The zero-order valence-corrected chi connectivity index (χ0v) is 29.1. The van der Waals surface area contributed by atoms with E-state index in [1.807, 2.05) is 23.1 Å². The lowest BCUT2D eigenvalue weighted by Crippen LogP contribution is -2.55. The Morgan fingerprint density at radius 2 is 1.71 bits per heavy atom. The van der Waals surface area contributed by atoms with Gasteiger partial charge in [-0.3, -0.25) is 9.69 Å². The van der Waals surface area contributed by atoms with Crippen LogP contribution in [0.2, 0.25) is 0 Å². The first-order chi connectivity index (χ1) is 23.3. The van der Waals surface area contributed by atoms with Crippen molar-refractivity contribution in [2.45, 2.75) is 71.0 Å². The number of phenolic OH excluding ortho intramolecular Hbond substituents is 1. The third-order valence-electron chi connectivity index (χ3n) is 11.0. The highest BCUT2D eigenvalue weighted by atomic mass is 16.3. The van der Waals surface area contributed by atoms with Crippen LogP contribution in [0.1, 0.15) is 58.4 Å².